The van der Waals surface area contributed by atoms with E-state index in [1.165, 1.54) is 21.1 Å². The van der Waals surface area contributed by atoms with E-state index in [9.17, 15) is 9.59 Å². The van der Waals surface area contributed by atoms with E-state index < -0.39 is 17.9 Å². The predicted molar refractivity (Wildman–Crippen MR) is 73.4 cm³/mol. The highest BCUT2D eigenvalue weighted by Crippen LogP contribution is 2.29. The van der Waals surface area contributed by atoms with Gasteiger partial charge < -0.3 is 25.2 Å². The minimum Gasteiger partial charge on any atom is -0.493 e. The van der Waals surface area contributed by atoms with Gasteiger partial charge in [0.25, 0.3) is 0 Å². The number of urea groups is 1. The van der Waals surface area contributed by atoms with Crippen LogP contribution in [-0.4, -0.2) is 37.9 Å². The number of carboxylic acids is 1. The summed E-state index contributed by atoms with van der Waals surface area (Å²) in [4.78, 5) is 22.2. The number of aliphatic carboxylic acids is 1. The number of rotatable bonds is 6. The number of hydrogen-bond donors (Lipinski definition) is 3. The molecule has 7 nitrogen and oxygen atoms in total. The largest absolute Gasteiger partial charge is 0.493 e. The van der Waals surface area contributed by atoms with E-state index in [0.29, 0.717) is 17.2 Å². The van der Waals surface area contributed by atoms with Crippen molar-refractivity contribution in [1.82, 2.24) is 5.32 Å². The zero-order valence-electron chi connectivity index (χ0n) is 11.6. The number of carbonyl (C=O) groups is 2. The molecule has 0 aliphatic heterocycles. The fourth-order valence-electron chi connectivity index (χ4n) is 1.42. The van der Waals surface area contributed by atoms with E-state index in [1.54, 1.807) is 18.2 Å². The number of anilines is 1. The Bertz CT molecular complexity index is 490. The maximum absolute atomic E-state index is 11.6. The fourth-order valence-corrected chi connectivity index (χ4v) is 1.42. The number of carbonyl (C=O) groups excluding carboxylic acids is 1. The molecule has 0 radical (unpaired) electrons. The first-order valence-corrected chi connectivity index (χ1v) is 5.97. The quantitative estimate of drug-likeness (QED) is 0.735. The van der Waals surface area contributed by atoms with Crippen molar-refractivity contribution in [2.24, 2.45) is 5.92 Å². The Morgan fingerprint density at radius 2 is 1.90 bits per heavy atom. The summed E-state index contributed by atoms with van der Waals surface area (Å²) in [5, 5.41) is 13.8. The van der Waals surface area contributed by atoms with Gasteiger partial charge in [0.15, 0.2) is 11.5 Å². The molecule has 0 bridgehead atoms. The third kappa shape index (κ3) is 4.34. The third-order valence-electron chi connectivity index (χ3n) is 2.63. The zero-order chi connectivity index (χ0) is 15.1. The van der Waals surface area contributed by atoms with Crippen molar-refractivity contribution in [3.8, 4) is 11.5 Å². The summed E-state index contributed by atoms with van der Waals surface area (Å²) in [6.45, 7) is 1.56. The first kappa shape index (κ1) is 15.6. The Morgan fingerprint density at radius 1 is 1.25 bits per heavy atom. The van der Waals surface area contributed by atoms with Crippen molar-refractivity contribution in [2.75, 3.05) is 26.1 Å². The average Bonchev–Trinajstić information content (AvgIpc) is 2.44. The van der Waals surface area contributed by atoms with Crippen molar-refractivity contribution in [1.29, 1.82) is 0 Å². The first-order valence-electron chi connectivity index (χ1n) is 5.97. The Morgan fingerprint density at radius 3 is 2.45 bits per heavy atom. The summed E-state index contributed by atoms with van der Waals surface area (Å²) in [7, 11) is 3.02. The maximum atomic E-state index is 11.6. The van der Waals surface area contributed by atoms with Gasteiger partial charge >= 0.3 is 12.0 Å². The highest BCUT2D eigenvalue weighted by molar-refractivity contribution is 5.89. The van der Waals surface area contributed by atoms with Crippen molar-refractivity contribution >= 4 is 17.7 Å². The molecule has 1 aromatic carbocycles. The van der Waals surface area contributed by atoms with Crippen LogP contribution in [0.5, 0.6) is 11.5 Å². The average molecular weight is 282 g/mol. The number of methoxy groups -OCH3 is 2. The molecule has 1 rings (SSSR count). The lowest BCUT2D eigenvalue weighted by Gasteiger charge is -2.12. The molecule has 110 valence electrons. The normalized spacial score (nSPS) is 11.3. The van der Waals surface area contributed by atoms with Gasteiger partial charge in [-0.15, -0.1) is 0 Å². The van der Waals surface area contributed by atoms with Crippen LogP contribution in [-0.2, 0) is 4.79 Å². The van der Waals surface area contributed by atoms with Gasteiger partial charge in [-0.25, -0.2) is 4.79 Å². The van der Waals surface area contributed by atoms with Gasteiger partial charge in [-0.1, -0.05) is 6.92 Å². The lowest BCUT2D eigenvalue weighted by Crippen LogP contribution is -2.34. The molecule has 0 heterocycles. The molecule has 0 spiro atoms. The van der Waals surface area contributed by atoms with E-state index in [0.717, 1.165) is 0 Å². The number of nitrogens with one attached hydrogen (secondary N) is 2. The number of hydrogen-bond acceptors (Lipinski definition) is 4. The van der Waals surface area contributed by atoms with Crippen molar-refractivity contribution < 1.29 is 24.2 Å². The van der Waals surface area contributed by atoms with Crippen LogP contribution in [0.25, 0.3) is 0 Å². The number of carboxylic acid groups (broad SMARTS) is 1. The fraction of sp³-hybridized carbons (Fsp3) is 0.385. The summed E-state index contributed by atoms with van der Waals surface area (Å²) in [5.41, 5.74) is 0.517. The van der Waals surface area contributed by atoms with Crippen LogP contribution in [0.2, 0.25) is 0 Å². The Hall–Kier alpha value is -2.44. The minimum absolute atomic E-state index is 0.0501. The van der Waals surface area contributed by atoms with Gasteiger partial charge in [-0.3, -0.25) is 4.79 Å². The molecule has 0 aliphatic rings. The molecule has 0 saturated carbocycles. The van der Waals surface area contributed by atoms with Crippen LogP contribution >= 0.6 is 0 Å². The third-order valence-corrected chi connectivity index (χ3v) is 2.63. The molecule has 0 saturated heterocycles. The highest BCUT2D eigenvalue weighted by atomic mass is 16.5. The maximum Gasteiger partial charge on any atom is 0.319 e. The molecular weight excluding hydrogens is 264 g/mol. The van der Waals surface area contributed by atoms with Crippen LogP contribution < -0.4 is 20.1 Å². The summed E-state index contributed by atoms with van der Waals surface area (Å²) in [6.07, 6.45) is 0. The van der Waals surface area contributed by atoms with Gasteiger partial charge in [0.2, 0.25) is 0 Å². The van der Waals surface area contributed by atoms with E-state index in [4.69, 9.17) is 14.6 Å². The van der Waals surface area contributed by atoms with Crippen LogP contribution in [0, 0.1) is 5.92 Å². The van der Waals surface area contributed by atoms with Gasteiger partial charge in [-0.05, 0) is 12.1 Å². The number of amides is 2. The van der Waals surface area contributed by atoms with Crippen molar-refractivity contribution in [3.63, 3.8) is 0 Å². The molecule has 0 fully saturated rings. The second-order valence-corrected chi connectivity index (χ2v) is 4.14. The minimum atomic E-state index is -0.962. The standard InChI is InChI=1S/C13H18N2O5/c1-8(12(16)17)7-14-13(18)15-9-4-5-10(19-2)11(6-9)20-3/h4-6,8H,7H2,1-3H3,(H,16,17)(H2,14,15,18). The van der Waals surface area contributed by atoms with E-state index >= 15 is 0 Å². The Labute approximate surface area is 116 Å². The molecule has 1 aromatic rings. The molecule has 2 amide bonds. The van der Waals surface area contributed by atoms with Crippen molar-refractivity contribution in [2.45, 2.75) is 6.92 Å². The SMILES string of the molecule is COc1ccc(NC(=O)NCC(C)C(=O)O)cc1OC. The van der Waals surface area contributed by atoms with Gasteiger partial charge in [0.05, 0.1) is 20.1 Å². The Balaban J connectivity index is 2.60. The summed E-state index contributed by atoms with van der Waals surface area (Å²) < 4.78 is 10.2. The summed E-state index contributed by atoms with van der Waals surface area (Å²) in [6, 6.07) is 4.44. The molecular formula is C13H18N2O5. The lowest BCUT2D eigenvalue weighted by molar-refractivity contribution is -0.140. The lowest BCUT2D eigenvalue weighted by atomic mass is 10.2. The predicted octanol–water partition coefficient (Wildman–Crippen LogP) is 1.55. The molecule has 0 aromatic heterocycles. The molecule has 1 unspecified atom stereocenters. The van der Waals surface area contributed by atoms with E-state index in [2.05, 4.69) is 10.6 Å². The first-order chi connectivity index (χ1) is 9.47. The summed E-state index contributed by atoms with van der Waals surface area (Å²) in [5.74, 6) is -0.565. The monoisotopic (exact) mass is 282 g/mol. The highest BCUT2D eigenvalue weighted by Gasteiger charge is 2.12. The van der Waals surface area contributed by atoms with Crippen molar-refractivity contribution in [3.05, 3.63) is 18.2 Å². The number of ether oxygens (including phenoxy) is 2. The second-order valence-electron chi connectivity index (χ2n) is 4.14. The van der Waals surface area contributed by atoms with Gasteiger partial charge in [0, 0.05) is 18.3 Å². The second kappa shape index (κ2) is 7.22. The molecule has 7 heteroatoms. The topological polar surface area (TPSA) is 96.9 Å². The van der Waals surface area contributed by atoms with Crippen LogP contribution in [0.3, 0.4) is 0 Å². The molecule has 20 heavy (non-hydrogen) atoms. The molecule has 0 aliphatic carbocycles. The van der Waals surface area contributed by atoms with Crippen LogP contribution in [0.15, 0.2) is 18.2 Å². The smallest absolute Gasteiger partial charge is 0.319 e. The van der Waals surface area contributed by atoms with Crippen LogP contribution in [0.4, 0.5) is 10.5 Å². The van der Waals surface area contributed by atoms with E-state index in [-0.39, 0.29) is 6.54 Å². The molecule has 1 atom stereocenters. The molecule has 3 N–H and O–H groups in total. The summed E-state index contributed by atoms with van der Waals surface area (Å²) >= 11 is 0. The zero-order valence-corrected chi connectivity index (χ0v) is 11.6. The van der Waals surface area contributed by atoms with Crippen LogP contribution in [0.1, 0.15) is 6.92 Å². The Kier molecular flexibility index (Phi) is 5.64. The van der Waals surface area contributed by atoms with Gasteiger partial charge in [0.1, 0.15) is 0 Å². The van der Waals surface area contributed by atoms with Gasteiger partial charge in [-0.2, -0.15) is 0 Å². The number of benzene rings is 1. The van der Waals surface area contributed by atoms with E-state index in [1.807, 2.05) is 0 Å².